The fourth-order valence-corrected chi connectivity index (χ4v) is 4.26. The molecule has 1 N–H and O–H groups in total. The van der Waals surface area contributed by atoms with Crippen molar-refractivity contribution in [2.24, 2.45) is 5.92 Å². The highest BCUT2D eigenvalue weighted by atomic mass is 16.5. The van der Waals surface area contributed by atoms with Crippen molar-refractivity contribution < 1.29 is 13.9 Å². The summed E-state index contributed by atoms with van der Waals surface area (Å²) in [6.45, 7) is 5.65. The van der Waals surface area contributed by atoms with Gasteiger partial charge in [-0.25, -0.2) is 19.9 Å². The fourth-order valence-electron chi connectivity index (χ4n) is 4.26. The van der Waals surface area contributed by atoms with Crippen LogP contribution in [0.5, 0.6) is 5.88 Å². The number of hydrogen-bond acceptors (Lipinski definition) is 8. The number of nitrogens with zero attached hydrogens (tertiary/aromatic N) is 5. The summed E-state index contributed by atoms with van der Waals surface area (Å²) in [5.74, 6) is 2.44. The number of aryl methyl sites for hydroxylation is 1. The highest BCUT2D eigenvalue weighted by molar-refractivity contribution is 6.10. The zero-order chi connectivity index (χ0) is 21.9. The maximum Gasteiger partial charge on any atom is 0.258 e. The fraction of sp³-hybridized carbons (Fsp3) is 0.522. The van der Waals surface area contributed by atoms with Gasteiger partial charge in [-0.2, -0.15) is 0 Å². The minimum absolute atomic E-state index is 0.0185. The first-order valence-electron chi connectivity index (χ1n) is 11.3. The molecule has 1 aliphatic heterocycles. The van der Waals surface area contributed by atoms with E-state index in [9.17, 15) is 4.79 Å². The van der Waals surface area contributed by atoms with E-state index in [1.807, 2.05) is 4.90 Å². The van der Waals surface area contributed by atoms with Gasteiger partial charge < -0.3 is 19.4 Å². The number of hydrogen-bond donors (Lipinski definition) is 1. The van der Waals surface area contributed by atoms with Gasteiger partial charge in [0.2, 0.25) is 11.6 Å². The molecule has 0 aromatic carbocycles. The third kappa shape index (κ3) is 3.45. The Bertz CT molecular complexity index is 1210. The van der Waals surface area contributed by atoms with Crippen LogP contribution in [0.3, 0.4) is 0 Å². The van der Waals surface area contributed by atoms with E-state index < -0.39 is 0 Å². The summed E-state index contributed by atoms with van der Waals surface area (Å²) in [6, 6.07) is 0. The standard InChI is InChI=1S/C23H26N6O3/c1-13-17(18-19(28-23(2)6-7-23)25-12-27-21(18)32-13)22(30)29-8-5-15-16(9-29)24-11-26-20(15)31-10-14-3-4-14/h11-12,14H,3-10H2,1-2H3,(H,25,27,28). The van der Waals surface area contributed by atoms with Gasteiger partial charge in [-0.05, 0) is 51.9 Å². The Balaban J connectivity index is 1.29. The van der Waals surface area contributed by atoms with Crippen LogP contribution in [0.25, 0.3) is 11.1 Å². The van der Waals surface area contributed by atoms with Gasteiger partial charge in [0.25, 0.3) is 5.91 Å². The number of amides is 1. The second-order valence-electron chi connectivity index (χ2n) is 9.46. The highest BCUT2D eigenvalue weighted by Gasteiger charge is 2.39. The molecule has 6 rings (SSSR count). The van der Waals surface area contributed by atoms with Gasteiger partial charge in [0.1, 0.15) is 24.2 Å². The average molecular weight is 435 g/mol. The number of anilines is 1. The Hall–Kier alpha value is -3.23. The Morgan fingerprint density at radius 1 is 1.25 bits per heavy atom. The lowest BCUT2D eigenvalue weighted by molar-refractivity contribution is 0.0730. The molecule has 1 amide bonds. The largest absolute Gasteiger partial charge is 0.477 e. The lowest BCUT2D eigenvalue weighted by atomic mass is 10.0. The molecule has 0 bridgehead atoms. The average Bonchev–Trinajstić information content (AvgIpc) is 3.71. The molecular formula is C23H26N6O3. The van der Waals surface area contributed by atoms with E-state index in [4.69, 9.17) is 9.15 Å². The second kappa shape index (κ2) is 7.15. The number of nitrogens with one attached hydrogen (secondary N) is 1. The van der Waals surface area contributed by atoms with E-state index in [1.54, 1.807) is 6.92 Å². The van der Waals surface area contributed by atoms with E-state index in [0.717, 1.165) is 24.1 Å². The molecule has 9 nitrogen and oxygen atoms in total. The summed E-state index contributed by atoms with van der Waals surface area (Å²) in [5, 5.41) is 4.14. The van der Waals surface area contributed by atoms with Crippen LogP contribution in [-0.2, 0) is 13.0 Å². The SMILES string of the molecule is Cc1oc2ncnc(NC3(C)CC3)c2c1C(=O)N1CCc2c(ncnc2OCC2CC2)C1. The van der Waals surface area contributed by atoms with Gasteiger partial charge >= 0.3 is 0 Å². The van der Waals surface area contributed by atoms with Crippen LogP contribution in [0.15, 0.2) is 17.1 Å². The molecule has 4 heterocycles. The number of carbonyl (C=O) groups is 1. The molecule has 2 saturated carbocycles. The molecule has 166 valence electrons. The normalized spacial score (nSPS) is 19.0. The number of carbonyl (C=O) groups excluding carboxylic acids is 1. The van der Waals surface area contributed by atoms with E-state index in [-0.39, 0.29) is 11.4 Å². The van der Waals surface area contributed by atoms with Crippen molar-refractivity contribution in [2.75, 3.05) is 18.5 Å². The molecule has 32 heavy (non-hydrogen) atoms. The maximum absolute atomic E-state index is 13.7. The van der Waals surface area contributed by atoms with E-state index in [1.165, 1.54) is 25.5 Å². The zero-order valence-electron chi connectivity index (χ0n) is 18.3. The monoisotopic (exact) mass is 434 g/mol. The molecule has 9 heteroatoms. The summed E-state index contributed by atoms with van der Waals surface area (Å²) in [6.07, 6.45) is 8.28. The lowest BCUT2D eigenvalue weighted by Gasteiger charge is -2.28. The van der Waals surface area contributed by atoms with Gasteiger partial charge in [0, 0.05) is 17.6 Å². The van der Waals surface area contributed by atoms with Crippen LogP contribution in [0, 0.1) is 12.8 Å². The molecule has 0 spiro atoms. The van der Waals surface area contributed by atoms with Crippen LogP contribution >= 0.6 is 0 Å². The molecule has 0 unspecified atom stereocenters. The van der Waals surface area contributed by atoms with Crippen molar-refractivity contribution in [1.29, 1.82) is 0 Å². The van der Waals surface area contributed by atoms with Crippen LogP contribution in [-0.4, -0.2) is 49.4 Å². The Labute approximate surface area is 185 Å². The molecule has 3 aromatic heterocycles. The number of furan rings is 1. The first-order chi connectivity index (χ1) is 15.5. The Kier molecular flexibility index (Phi) is 4.34. The van der Waals surface area contributed by atoms with Crippen LogP contribution in [0.1, 0.15) is 60.0 Å². The number of fused-ring (bicyclic) bond motifs is 2. The molecule has 0 atom stereocenters. The first kappa shape index (κ1) is 19.5. The van der Waals surface area contributed by atoms with Crippen molar-refractivity contribution in [1.82, 2.24) is 24.8 Å². The summed E-state index contributed by atoms with van der Waals surface area (Å²) >= 11 is 0. The topological polar surface area (TPSA) is 106 Å². The molecule has 0 saturated heterocycles. The molecular weight excluding hydrogens is 408 g/mol. The predicted octanol–water partition coefficient (Wildman–Crippen LogP) is 3.27. The van der Waals surface area contributed by atoms with Gasteiger partial charge in [0.15, 0.2) is 0 Å². The smallest absolute Gasteiger partial charge is 0.258 e. The second-order valence-corrected chi connectivity index (χ2v) is 9.46. The summed E-state index contributed by atoms with van der Waals surface area (Å²) in [7, 11) is 0. The summed E-state index contributed by atoms with van der Waals surface area (Å²) in [5.41, 5.74) is 2.83. The lowest BCUT2D eigenvalue weighted by Crippen LogP contribution is -2.37. The first-order valence-corrected chi connectivity index (χ1v) is 11.3. The van der Waals surface area contributed by atoms with Crippen molar-refractivity contribution in [3.05, 3.63) is 35.2 Å². The molecule has 3 aliphatic rings. The third-order valence-electron chi connectivity index (χ3n) is 6.71. The van der Waals surface area contributed by atoms with Crippen LogP contribution in [0.2, 0.25) is 0 Å². The van der Waals surface area contributed by atoms with Gasteiger partial charge in [-0.3, -0.25) is 4.79 Å². The summed E-state index contributed by atoms with van der Waals surface area (Å²) < 4.78 is 11.8. The molecule has 2 fully saturated rings. The minimum atomic E-state index is -0.0928. The predicted molar refractivity (Wildman–Crippen MR) is 116 cm³/mol. The van der Waals surface area contributed by atoms with Crippen molar-refractivity contribution in [3.8, 4) is 5.88 Å². The minimum Gasteiger partial charge on any atom is -0.477 e. The molecule has 3 aromatic rings. The van der Waals surface area contributed by atoms with Crippen molar-refractivity contribution in [3.63, 3.8) is 0 Å². The van der Waals surface area contributed by atoms with Gasteiger partial charge in [0.05, 0.1) is 29.8 Å². The highest BCUT2D eigenvalue weighted by Crippen LogP contribution is 2.40. The third-order valence-corrected chi connectivity index (χ3v) is 6.71. The number of ether oxygens (including phenoxy) is 1. The van der Waals surface area contributed by atoms with Crippen molar-refractivity contribution in [2.45, 2.75) is 58.0 Å². The quantitative estimate of drug-likeness (QED) is 0.630. The van der Waals surface area contributed by atoms with Gasteiger partial charge in [-0.15, -0.1) is 0 Å². The van der Waals surface area contributed by atoms with Crippen LogP contribution in [0.4, 0.5) is 5.82 Å². The van der Waals surface area contributed by atoms with E-state index >= 15 is 0 Å². The van der Waals surface area contributed by atoms with Crippen molar-refractivity contribution >= 4 is 22.8 Å². The van der Waals surface area contributed by atoms with Gasteiger partial charge in [-0.1, -0.05) is 0 Å². The van der Waals surface area contributed by atoms with Crippen LogP contribution < -0.4 is 10.1 Å². The molecule has 2 aliphatic carbocycles. The molecule has 0 radical (unpaired) electrons. The number of rotatable bonds is 6. The Morgan fingerprint density at radius 2 is 2.06 bits per heavy atom. The van der Waals surface area contributed by atoms with E-state index in [2.05, 4.69) is 32.2 Å². The maximum atomic E-state index is 13.7. The van der Waals surface area contributed by atoms with E-state index in [0.29, 0.717) is 66.2 Å². The zero-order valence-corrected chi connectivity index (χ0v) is 18.3. The Morgan fingerprint density at radius 3 is 2.84 bits per heavy atom. The summed E-state index contributed by atoms with van der Waals surface area (Å²) in [4.78, 5) is 33.0. The number of aromatic nitrogens is 4.